The number of benzene rings is 1. The zero-order valence-corrected chi connectivity index (χ0v) is 11.4. The molecule has 0 saturated carbocycles. The number of nitro groups is 1. The van der Waals surface area contributed by atoms with E-state index in [-0.39, 0.29) is 22.1 Å². The van der Waals surface area contributed by atoms with Gasteiger partial charge in [-0.3, -0.25) is 15.4 Å². The number of amidine groups is 1. The predicted molar refractivity (Wildman–Crippen MR) is 74.2 cm³/mol. The molecule has 2 N–H and O–H groups in total. The molecule has 0 unspecified atom stereocenters. The lowest BCUT2D eigenvalue weighted by Crippen LogP contribution is -2.13. The van der Waals surface area contributed by atoms with Gasteiger partial charge in [0.15, 0.2) is 11.4 Å². The van der Waals surface area contributed by atoms with E-state index in [1.807, 2.05) is 0 Å². The van der Waals surface area contributed by atoms with E-state index in [9.17, 15) is 14.9 Å². The first-order chi connectivity index (χ1) is 9.40. The lowest BCUT2D eigenvalue weighted by atomic mass is 10.1. The Kier molecular flexibility index (Phi) is 5.05. The number of aryl methyl sites for hydroxylation is 1. The summed E-state index contributed by atoms with van der Waals surface area (Å²) >= 11 is 1.12. The summed E-state index contributed by atoms with van der Waals surface area (Å²) in [5.74, 6) is -1.33. The Morgan fingerprint density at radius 3 is 2.70 bits per heavy atom. The van der Waals surface area contributed by atoms with Gasteiger partial charge in [0.1, 0.15) is 0 Å². The first kappa shape index (κ1) is 15.5. The SMILES string of the molecule is CSC(=Nc1c(C)cc([N+](=O)[O-])cc1C(=O)O)NC#N. The van der Waals surface area contributed by atoms with Crippen molar-refractivity contribution in [3.05, 3.63) is 33.4 Å². The third kappa shape index (κ3) is 3.46. The second kappa shape index (κ2) is 6.53. The van der Waals surface area contributed by atoms with Crippen molar-refractivity contribution in [2.45, 2.75) is 6.92 Å². The Morgan fingerprint density at radius 1 is 1.60 bits per heavy atom. The summed E-state index contributed by atoms with van der Waals surface area (Å²) in [6.45, 7) is 1.52. The fraction of sp³-hybridized carbons (Fsp3) is 0.182. The maximum absolute atomic E-state index is 11.2. The van der Waals surface area contributed by atoms with Crippen LogP contribution in [0.15, 0.2) is 17.1 Å². The summed E-state index contributed by atoms with van der Waals surface area (Å²) < 4.78 is 0. The Bertz CT molecular complexity index is 636. The van der Waals surface area contributed by atoms with Crippen molar-refractivity contribution < 1.29 is 14.8 Å². The molecule has 0 aromatic heterocycles. The molecule has 0 radical (unpaired) electrons. The van der Waals surface area contributed by atoms with E-state index in [1.165, 1.54) is 13.0 Å². The average molecular weight is 294 g/mol. The third-order valence-corrected chi connectivity index (χ3v) is 2.88. The van der Waals surface area contributed by atoms with Crippen LogP contribution in [0.5, 0.6) is 0 Å². The monoisotopic (exact) mass is 294 g/mol. The van der Waals surface area contributed by atoms with Crippen molar-refractivity contribution in [3.63, 3.8) is 0 Å². The first-order valence-corrected chi connectivity index (χ1v) is 6.43. The van der Waals surface area contributed by atoms with E-state index >= 15 is 0 Å². The molecule has 0 saturated heterocycles. The molecule has 0 aliphatic heterocycles. The molecule has 8 nitrogen and oxygen atoms in total. The van der Waals surface area contributed by atoms with Crippen molar-refractivity contribution in [1.29, 1.82) is 5.26 Å². The van der Waals surface area contributed by atoms with Gasteiger partial charge in [0.05, 0.1) is 16.2 Å². The number of nitrogens with zero attached hydrogens (tertiary/aromatic N) is 3. The van der Waals surface area contributed by atoms with Gasteiger partial charge in [0, 0.05) is 12.1 Å². The van der Waals surface area contributed by atoms with Crippen LogP contribution in [0.2, 0.25) is 0 Å². The van der Waals surface area contributed by atoms with Gasteiger partial charge in [-0.15, -0.1) is 0 Å². The van der Waals surface area contributed by atoms with E-state index < -0.39 is 10.9 Å². The lowest BCUT2D eigenvalue weighted by molar-refractivity contribution is -0.384. The Morgan fingerprint density at radius 2 is 2.25 bits per heavy atom. The van der Waals surface area contributed by atoms with E-state index in [0.717, 1.165) is 17.8 Å². The van der Waals surface area contributed by atoms with E-state index in [1.54, 1.807) is 12.4 Å². The second-order valence-electron chi connectivity index (χ2n) is 3.58. The van der Waals surface area contributed by atoms with Crippen molar-refractivity contribution in [2.24, 2.45) is 4.99 Å². The first-order valence-electron chi connectivity index (χ1n) is 5.20. The molecular formula is C11H10N4O4S. The number of nitro benzene ring substituents is 1. The smallest absolute Gasteiger partial charge is 0.338 e. The topological polar surface area (TPSA) is 129 Å². The number of aromatic carboxylic acids is 1. The van der Waals surface area contributed by atoms with Crippen LogP contribution in [-0.2, 0) is 0 Å². The molecule has 20 heavy (non-hydrogen) atoms. The summed E-state index contributed by atoms with van der Waals surface area (Å²) in [4.78, 5) is 25.3. The van der Waals surface area contributed by atoms with Crippen molar-refractivity contribution in [3.8, 4) is 6.19 Å². The summed E-state index contributed by atoms with van der Waals surface area (Å²) in [5, 5.41) is 30.9. The highest BCUT2D eigenvalue weighted by atomic mass is 32.2. The van der Waals surface area contributed by atoms with Gasteiger partial charge in [0.2, 0.25) is 0 Å². The highest BCUT2D eigenvalue weighted by molar-refractivity contribution is 8.13. The number of carboxylic acid groups (broad SMARTS) is 1. The zero-order chi connectivity index (χ0) is 15.3. The molecular weight excluding hydrogens is 284 g/mol. The number of hydrogen-bond donors (Lipinski definition) is 2. The van der Waals surface area contributed by atoms with Crippen LogP contribution in [0.3, 0.4) is 0 Å². The van der Waals surface area contributed by atoms with Crippen molar-refractivity contribution >= 4 is 34.3 Å². The van der Waals surface area contributed by atoms with Gasteiger partial charge in [-0.2, -0.15) is 5.26 Å². The van der Waals surface area contributed by atoms with Crippen molar-refractivity contribution in [1.82, 2.24) is 5.32 Å². The number of hydrogen-bond acceptors (Lipinski definition) is 6. The molecule has 0 amide bonds. The number of nitrogens with one attached hydrogen (secondary N) is 1. The minimum absolute atomic E-state index is 0.0789. The maximum Gasteiger partial charge on any atom is 0.338 e. The molecule has 0 heterocycles. The predicted octanol–water partition coefficient (Wildman–Crippen LogP) is 2.02. The fourth-order valence-electron chi connectivity index (χ4n) is 1.45. The van der Waals surface area contributed by atoms with Crippen LogP contribution in [0.25, 0.3) is 0 Å². The molecule has 0 aliphatic carbocycles. The third-order valence-electron chi connectivity index (χ3n) is 2.30. The molecule has 0 spiro atoms. The molecule has 0 bridgehead atoms. The number of nitriles is 1. The second-order valence-corrected chi connectivity index (χ2v) is 4.37. The molecule has 0 fully saturated rings. The maximum atomic E-state index is 11.2. The lowest BCUT2D eigenvalue weighted by Gasteiger charge is -2.07. The number of non-ortho nitro benzene ring substituents is 1. The summed E-state index contributed by atoms with van der Waals surface area (Å²) in [7, 11) is 0. The van der Waals surface area contributed by atoms with Crippen molar-refractivity contribution in [2.75, 3.05) is 6.26 Å². The minimum atomic E-state index is -1.33. The number of carbonyl (C=O) groups is 1. The molecule has 1 aromatic carbocycles. The van der Waals surface area contributed by atoms with Gasteiger partial charge in [0.25, 0.3) is 5.69 Å². The number of rotatable bonds is 3. The molecule has 0 atom stereocenters. The Hall–Kier alpha value is -2.60. The highest BCUT2D eigenvalue weighted by Gasteiger charge is 2.19. The number of aliphatic imine (C=N–C) groups is 1. The molecule has 1 rings (SSSR count). The van der Waals surface area contributed by atoms with Gasteiger partial charge in [-0.1, -0.05) is 11.8 Å². The van der Waals surface area contributed by atoms with E-state index in [0.29, 0.717) is 5.56 Å². The summed E-state index contributed by atoms with van der Waals surface area (Å²) in [6, 6.07) is 2.17. The zero-order valence-electron chi connectivity index (χ0n) is 10.6. The van der Waals surface area contributed by atoms with Crippen LogP contribution < -0.4 is 5.32 Å². The molecule has 0 aliphatic rings. The van der Waals surface area contributed by atoms with Crippen LogP contribution >= 0.6 is 11.8 Å². The fourth-order valence-corrected chi connectivity index (χ4v) is 1.78. The Balaban J connectivity index is 3.50. The number of thioether (sulfide) groups is 1. The van der Waals surface area contributed by atoms with Gasteiger partial charge in [-0.25, -0.2) is 9.79 Å². The van der Waals surface area contributed by atoms with E-state index in [4.69, 9.17) is 10.4 Å². The molecule has 9 heteroatoms. The van der Waals surface area contributed by atoms with Crippen LogP contribution in [0.1, 0.15) is 15.9 Å². The van der Waals surface area contributed by atoms with Crippen LogP contribution in [0, 0.1) is 28.5 Å². The molecule has 1 aromatic rings. The van der Waals surface area contributed by atoms with Crippen LogP contribution in [-0.4, -0.2) is 27.4 Å². The van der Waals surface area contributed by atoms with Crippen LogP contribution in [0.4, 0.5) is 11.4 Å². The largest absolute Gasteiger partial charge is 0.478 e. The quantitative estimate of drug-likeness (QED) is 0.218. The summed E-state index contributed by atoms with van der Waals surface area (Å²) in [6.07, 6.45) is 3.34. The minimum Gasteiger partial charge on any atom is -0.478 e. The van der Waals surface area contributed by atoms with E-state index in [2.05, 4.69) is 10.3 Å². The molecule has 104 valence electrons. The van der Waals surface area contributed by atoms with Gasteiger partial charge < -0.3 is 5.11 Å². The van der Waals surface area contributed by atoms with Gasteiger partial charge in [-0.05, 0) is 18.7 Å². The average Bonchev–Trinajstić information content (AvgIpc) is 2.39. The standard InChI is InChI=1S/C11H10N4O4S/c1-6-3-7(15(18)19)4-8(10(16)17)9(6)14-11(20-2)13-5-12/h3-4H,1-2H3,(H,13,14)(H,16,17). The normalized spacial score (nSPS) is 10.8. The highest BCUT2D eigenvalue weighted by Crippen LogP contribution is 2.30. The van der Waals surface area contributed by atoms with Gasteiger partial charge >= 0.3 is 5.97 Å². The summed E-state index contributed by atoms with van der Waals surface area (Å²) in [5.41, 5.74) is -0.195. The Labute approximate surface area is 118 Å². The number of carboxylic acids is 1.